The molecule has 1 saturated heterocycles. The number of methoxy groups -OCH3 is 1. The fourth-order valence-corrected chi connectivity index (χ4v) is 2.74. The highest BCUT2D eigenvalue weighted by Crippen LogP contribution is 2.30. The molecule has 3 rings (SSSR count). The van der Waals surface area contributed by atoms with Gasteiger partial charge in [0.15, 0.2) is 0 Å². The number of halogens is 3. The van der Waals surface area contributed by atoms with E-state index in [2.05, 4.69) is 15.0 Å². The van der Waals surface area contributed by atoms with Crippen LogP contribution in [0.2, 0.25) is 0 Å². The molecule has 0 bridgehead atoms. The van der Waals surface area contributed by atoms with Crippen LogP contribution in [-0.2, 0) is 17.5 Å². The molecule has 130 valence electrons. The highest BCUT2D eigenvalue weighted by molar-refractivity contribution is 5.54. The normalized spacial score (nSPS) is 17.3. The van der Waals surface area contributed by atoms with Crippen molar-refractivity contribution in [2.75, 3.05) is 20.2 Å². The third-order valence-corrected chi connectivity index (χ3v) is 4.17. The highest BCUT2D eigenvalue weighted by atomic mass is 19.4. The van der Waals surface area contributed by atoms with Crippen LogP contribution in [0.5, 0.6) is 0 Å². The largest absolute Gasteiger partial charge is 0.416 e. The number of likely N-dealkylation sites (tertiary alicyclic amines) is 1. The molecule has 8 heteroatoms. The quantitative estimate of drug-likeness (QED) is 0.853. The number of aromatic nitrogens is 2. The third-order valence-electron chi connectivity index (χ3n) is 4.17. The van der Waals surface area contributed by atoms with Crippen LogP contribution in [0, 0.1) is 0 Å². The van der Waals surface area contributed by atoms with E-state index in [4.69, 9.17) is 9.26 Å². The van der Waals surface area contributed by atoms with Crippen LogP contribution in [0.1, 0.15) is 24.3 Å². The number of piperidine rings is 1. The van der Waals surface area contributed by atoms with E-state index in [1.54, 1.807) is 7.11 Å². The molecule has 0 atom stereocenters. The SMILES string of the molecule is COC1CCN(Cc2nc(-c3ccc(C(F)(F)F)cc3)no2)CC1. The van der Waals surface area contributed by atoms with Crippen molar-refractivity contribution < 1.29 is 22.4 Å². The molecule has 2 heterocycles. The van der Waals surface area contributed by atoms with Crippen LogP contribution in [-0.4, -0.2) is 41.3 Å². The Morgan fingerprint density at radius 3 is 2.46 bits per heavy atom. The van der Waals surface area contributed by atoms with Gasteiger partial charge in [0.05, 0.1) is 18.2 Å². The van der Waals surface area contributed by atoms with Crippen LogP contribution in [0.4, 0.5) is 13.2 Å². The van der Waals surface area contributed by atoms with Crippen molar-refractivity contribution in [2.45, 2.75) is 31.7 Å². The molecule has 24 heavy (non-hydrogen) atoms. The number of hydrogen-bond acceptors (Lipinski definition) is 5. The minimum atomic E-state index is -4.35. The molecular weight excluding hydrogens is 323 g/mol. The zero-order chi connectivity index (χ0) is 17.2. The summed E-state index contributed by atoms with van der Waals surface area (Å²) in [4.78, 5) is 6.47. The van der Waals surface area contributed by atoms with E-state index in [0.717, 1.165) is 38.1 Å². The molecule has 0 unspecified atom stereocenters. The number of alkyl halides is 3. The predicted octanol–water partition coefficient (Wildman–Crippen LogP) is 3.37. The first-order valence-corrected chi connectivity index (χ1v) is 7.71. The molecule has 1 aromatic heterocycles. The average Bonchev–Trinajstić information content (AvgIpc) is 3.03. The summed E-state index contributed by atoms with van der Waals surface area (Å²) in [6.45, 7) is 2.30. The van der Waals surface area contributed by atoms with E-state index in [-0.39, 0.29) is 0 Å². The smallest absolute Gasteiger partial charge is 0.381 e. The fourth-order valence-electron chi connectivity index (χ4n) is 2.74. The number of benzene rings is 1. The van der Waals surface area contributed by atoms with Gasteiger partial charge in [-0.05, 0) is 25.0 Å². The molecule has 2 aromatic rings. The molecule has 0 radical (unpaired) electrons. The summed E-state index contributed by atoms with van der Waals surface area (Å²) in [5, 5.41) is 3.86. The summed E-state index contributed by atoms with van der Waals surface area (Å²) in [7, 11) is 1.72. The lowest BCUT2D eigenvalue weighted by molar-refractivity contribution is -0.137. The fraction of sp³-hybridized carbons (Fsp3) is 0.500. The molecule has 1 aromatic carbocycles. The second-order valence-electron chi connectivity index (χ2n) is 5.80. The zero-order valence-electron chi connectivity index (χ0n) is 13.2. The van der Waals surface area contributed by atoms with Crippen molar-refractivity contribution in [3.63, 3.8) is 0 Å². The van der Waals surface area contributed by atoms with E-state index in [0.29, 0.717) is 29.9 Å². The standard InChI is InChI=1S/C16H18F3N3O2/c1-23-13-6-8-22(9-7-13)10-14-20-15(21-24-14)11-2-4-12(5-3-11)16(17,18)19/h2-5,13H,6-10H2,1H3. The first kappa shape index (κ1) is 16.9. The highest BCUT2D eigenvalue weighted by Gasteiger charge is 2.30. The lowest BCUT2D eigenvalue weighted by atomic mass is 10.1. The van der Waals surface area contributed by atoms with Gasteiger partial charge >= 0.3 is 6.18 Å². The Hall–Kier alpha value is -1.93. The summed E-state index contributed by atoms with van der Waals surface area (Å²) in [5.41, 5.74) is -0.202. The molecule has 0 spiro atoms. The van der Waals surface area contributed by atoms with Gasteiger partial charge in [-0.15, -0.1) is 0 Å². The average molecular weight is 341 g/mol. The third kappa shape index (κ3) is 3.93. The summed E-state index contributed by atoms with van der Waals surface area (Å²) < 4.78 is 48.3. The Morgan fingerprint density at radius 1 is 1.21 bits per heavy atom. The van der Waals surface area contributed by atoms with Crippen molar-refractivity contribution in [3.8, 4) is 11.4 Å². The number of ether oxygens (including phenoxy) is 1. The van der Waals surface area contributed by atoms with E-state index in [1.165, 1.54) is 12.1 Å². The Balaban J connectivity index is 1.63. The number of nitrogens with zero attached hydrogens (tertiary/aromatic N) is 3. The van der Waals surface area contributed by atoms with E-state index in [1.807, 2.05) is 0 Å². The van der Waals surface area contributed by atoms with Gasteiger partial charge in [-0.2, -0.15) is 18.2 Å². The Bertz CT molecular complexity index is 662. The maximum atomic E-state index is 12.6. The second-order valence-corrected chi connectivity index (χ2v) is 5.80. The molecule has 0 aliphatic carbocycles. The maximum Gasteiger partial charge on any atom is 0.416 e. The monoisotopic (exact) mass is 341 g/mol. The van der Waals surface area contributed by atoms with E-state index < -0.39 is 11.7 Å². The first-order chi connectivity index (χ1) is 11.5. The zero-order valence-corrected chi connectivity index (χ0v) is 13.2. The summed E-state index contributed by atoms with van der Waals surface area (Å²) in [6, 6.07) is 4.73. The van der Waals surface area contributed by atoms with Crippen molar-refractivity contribution in [1.82, 2.24) is 15.0 Å². The summed E-state index contributed by atoms with van der Waals surface area (Å²) >= 11 is 0. The van der Waals surface area contributed by atoms with Crippen molar-refractivity contribution in [2.24, 2.45) is 0 Å². The van der Waals surface area contributed by atoms with Crippen molar-refractivity contribution in [3.05, 3.63) is 35.7 Å². The van der Waals surface area contributed by atoms with Crippen LogP contribution in [0.3, 0.4) is 0 Å². The Morgan fingerprint density at radius 2 is 1.88 bits per heavy atom. The van der Waals surface area contributed by atoms with Crippen LogP contribution in [0.25, 0.3) is 11.4 Å². The van der Waals surface area contributed by atoms with E-state index in [9.17, 15) is 13.2 Å². The first-order valence-electron chi connectivity index (χ1n) is 7.71. The molecule has 0 N–H and O–H groups in total. The molecule has 1 fully saturated rings. The molecule has 0 amide bonds. The number of hydrogen-bond donors (Lipinski definition) is 0. The van der Waals surface area contributed by atoms with Gasteiger partial charge in [0.2, 0.25) is 11.7 Å². The Kier molecular flexibility index (Phi) is 4.86. The van der Waals surface area contributed by atoms with Crippen LogP contribution >= 0.6 is 0 Å². The molecule has 1 aliphatic heterocycles. The topological polar surface area (TPSA) is 51.4 Å². The molecule has 1 aliphatic rings. The molecule has 5 nitrogen and oxygen atoms in total. The van der Waals surface area contributed by atoms with Gasteiger partial charge in [0.1, 0.15) is 0 Å². The van der Waals surface area contributed by atoms with Gasteiger partial charge in [-0.25, -0.2) is 0 Å². The predicted molar refractivity (Wildman–Crippen MR) is 80.0 cm³/mol. The van der Waals surface area contributed by atoms with Gasteiger partial charge in [-0.3, -0.25) is 4.90 Å². The van der Waals surface area contributed by atoms with Gasteiger partial charge in [-0.1, -0.05) is 17.3 Å². The molecular formula is C16H18F3N3O2. The van der Waals surface area contributed by atoms with Crippen LogP contribution < -0.4 is 0 Å². The van der Waals surface area contributed by atoms with Crippen molar-refractivity contribution >= 4 is 0 Å². The van der Waals surface area contributed by atoms with Crippen LogP contribution in [0.15, 0.2) is 28.8 Å². The Labute approximate surface area is 137 Å². The summed E-state index contributed by atoms with van der Waals surface area (Å²) in [5.74, 6) is 0.756. The minimum Gasteiger partial charge on any atom is -0.381 e. The van der Waals surface area contributed by atoms with Gasteiger partial charge in [0, 0.05) is 25.8 Å². The van der Waals surface area contributed by atoms with E-state index >= 15 is 0 Å². The maximum absolute atomic E-state index is 12.6. The van der Waals surface area contributed by atoms with Gasteiger partial charge < -0.3 is 9.26 Å². The number of rotatable bonds is 4. The second kappa shape index (κ2) is 6.90. The van der Waals surface area contributed by atoms with Crippen molar-refractivity contribution in [1.29, 1.82) is 0 Å². The molecule has 0 saturated carbocycles. The summed E-state index contributed by atoms with van der Waals surface area (Å²) in [6.07, 6.45) is -2.14. The lowest BCUT2D eigenvalue weighted by Crippen LogP contribution is -2.36. The minimum absolute atomic E-state index is 0.297. The van der Waals surface area contributed by atoms with Gasteiger partial charge in [0.25, 0.3) is 0 Å². The lowest BCUT2D eigenvalue weighted by Gasteiger charge is -2.29.